The lowest BCUT2D eigenvalue weighted by Crippen LogP contribution is -2.52. The van der Waals surface area contributed by atoms with E-state index in [2.05, 4.69) is 5.32 Å². The average molecular weight is 575 g/mol. The third-order valence-electron chi connectivity index (χ3n) is 6.45. The third kappa shape index (κ3) is 6.85. The van der Waals surface area contributed by atoms with Gasteiger partial charge in [-0.25, -0.2) is 8.42 Å². The SMILES string of the molecule is Cc1c(Cl)cccc1N(CC(=O)N(Cc1c(Cl)cccc1Cl)C(C)C(=O)NC1CCCC1)S(C)(=O)=O. The average Bonchev–Trinajstić information content (AvgIpc) is 3.31. The number of halogens is 3. The smallest absolute Gasteiger partial charge is 0.244 e. The lowest BCUT2D eigenvalue weighted by molar-refractivity contribution is -0.139. The molecule has 36 heavy (non-hydrogen) atoms. The van der Waals surface area contributed by atoms with E-state index in [1.807, 2.05) is 0 Å². The molecule has 0 aromatic heterocycles. The molecular formula is C25H30Cl3N3O4S. The van der Waals surface area contributed by atoms with Crippen LogP contribution in [0.15, 0.2) is 36.4 Å². The highest BCUT2D eigenvalue weighted by Gasteiger charge is 2.32. The van der Waals surface area contributed by atoms with Gasteiger partial charge in [-0.15, -0.1) is 0 Å². The summed E-state index contributed by atoms with van der Waals surface area (Å²) in [4.78, 5) is 28.2. The number of carbonyl (C=O) groups is 2. The van der Waals surface area contributed by atoms with E-state index in [9.17, 15) is 18.0 Å². The molecule has 1 atom stereocenters. The number of nitrogens with zero attached hydrogens (tertiary/aromatic N) is 2. The fourth-order valence-corrected chi connectivity index (χ4v) is 5.88. The Morgan fingerprint density at radius 3 is 2.17 bits per heavy atom. The molecular weight excluding hydrogens is 545 g/mol. The van der Waals surface area contributed by atoms with Gasteiger partial charge in [0.15, 0.2) is 0 Å². The van der Waals surface area contributed by atoms with Crippen molar-refractivity contribution in [3.63, 3.8) is 0 Å². The fourth-order valence-electron chi connectivity index (χ4n) is 4.29. The van der Waals surface area contributed by atoms with Crippen LogP contribution in [0.3, 0.4) is 0 Å². The second-order valence-electron chi connectivity index (χ2n) is 9.04. The Kier molecular flexibility index (Phi) is 9.55. The second-order valence-corrected chi connectivity index (χ2v) is 12.2. The predicted octanol–water partition coefficient (Wildman–Crippen LogP) is 5.20. The quantitative estimate of drug-likeness (QED) is 0.446. The highest BCUT2D eigenvalue weighted by molar-refractivity contribution is 7.92. The van der Waals surface area contributed by atoms with Crippen molar-refractivity contribution in [2.75, 3.05) is 17.1 Å². The van der Waals surface area contributed by atoms with Crippen LogP contribution in [0.1, 0.15) is 43.7 Å². The summed E-state index contributed by atoms with van der Waals surface area (Å²) in [6.45, 7) is 2.70. The maximum absolute atomic E-state index is 13.7. The minimum Gasteiger partial charge on any atom is -0.352 e. The normalized spacial score (nSPS) is 14.9. The first-order valence-electron chi connectivity index (χ1n) is 11.7. The van der Waals surface area contributed by atoms with Crippen LogP contribution in [0.4, 0.5) is 5.69 Å². The molecule has 1 unspecified atom stereocenters. The molecule has 2 aromatic carbocycles. The Bertz CT molecular complexity index is 1210. The van der Waals surface area contributed by atoms with Crippen molar-refractivity contribution in [1.82, 2.24) is 10.2 Å². The van der Waals surface area contributed by atoms with Crippen molar-refractivity contribution in [2.45, 2.75) is 58.2 Å². The number of rotatable bonds is 9. The van der Waals surface area contributed by atoms with E-state index in [1.165, 1.54) is 4.90 Å². The monoisotopic (exact) mass is 573 g/mol. The van der Waals surface area contributed by atoms with Crippen molar-refractivity contribution in [3.05, 3.63) is 62.6 Å². The van der Waals surface area contributed by atoms with Crippen molar-refractivity contribution in [1.29, 1.82) is 0 Å². The van der Waals surface area contributed by atoms with E-state index in [0.717, 1.165) is 36.2 Å². The van der Waals surface area contributed by atoms with Crippen LogP contribution < -0.4 is 9.62 Å². The van der Waals surface area contributed by atoms with Gasteiger partial charge in [0, 0.05) is 33.2 Å². The molecule has 196 valence electrons. The summed E-state index contributed by atoms with van der Waals surface area (Å²) < 4.78 is 26.5. The van der Waals surface area contributed by atoms with Gasteiger partial charge in [-0.1, -0.05) is 59.8 Å². The van der Waals surface area contributed by atoms with Crippen LogP contribution >= 0.6 is 34.8 Å². The van der Waals surface area contributed by atoms with Crippen molar-refractivity contribution in [2.24, 2.45) is 0 Å². The molecule has 11 heteroatoms. The van der Waals surface area contributed by atoms with Gasteiger partial charge in [0.25, 0.3) is 0 Å². The number of nitrogens with one attached hydrogen (secondary N) is 1. The zero-order valence-electron chi connectivity index (χ0n) is 20.4. The molecule has 0 radical (unpaired) electrons. The fraction of sp³-hybridized carbons (Fsp3) is 0.440. The number of carbonyl (C=O) groups excluding carboxylic acids is 2. The van der Waals surface area contributed by atoms with Gasteiger partial charge in [0.1, 0.15) is 12.6 Å². The summed E-state index contributed by atoms with van der Waals surface area (Å²) in [5, 5.41) is 4.07. The van der Waals surface area contributed by atoms with E-state index in [-0.39, 0.29) is 24.2 Å². The number of amides is 2. The van der Waals surface area contributed by atoms with E-state index in [4.69, 9.17) is 34.8 Å². The predicted molar refractivity (Wildman–Crippen MR) is 145 cm³/mol. The van der Waals surface area contributed by atoms with E-state index in [0.29, 0.717) is 26.2 Å². The first-order chi connectivity index (χ1) is 16.9. The summed E-state index contributed by atoms with van der Waals surface area (Å²) in [5.41, 5.74) is 1.28. The lowest BCUT2D eigenvalue weighted by Gasteiger charge is -2.32. The van der Waals surface area contributed by atoms with E-state index in [1.54, 1.807) is 50.2 Å². The Balaban J connectivity index is 1.96. The molecule has 3 rings (SSSR count). The van der Waals surface area contributed by atoms with Gasteiger partial charge in [-0.05, 0) is 56.5 Å². The zero-order valence-corrected chi connectivity index (χ0v) is 23.5. The summed E-state index contributed by atoms with van der Waals surface area (Å²) in [6, 6.07) is 8.98. The number of anilines is 1. The lowest BCUT2D eigenvalue weighted by atomic mass is 10.1. The Hall–Kier alpha value is -2.00. The molecule has 0 aliphatic heterocycles. The maximum Gasteiger partial charge on any atom is 0.244 e. The summed E-state index contributed by atoms with van der Waals surface area (Å²) >= 11 is 19.0. The molecule has 2 aromatic rings. The zero-order chi connectivity index (χ0) is 26.6. The van der Waals surface area contributed by atoms with Crippen LogP contribution in [-0.2, 0) is 26.2 Å². The highest BCUT2D eigenvalue weighted by Crippen LogP contribution is 2.30. The molecule has 0 spiro atoms. The molecule has 0 saturated heterocycles. The van der Waals surface area contributed by atoms with Gasteiger partial charge in [-0.3, -0.25) is 13.9 Å². The minimum atomic E-state index is -3.87. The van der Waals surface area contributed by atoms with Crippen molar-refractivity contribution >= 4 is 62.3 Å². The summed E-state index contributed by atoms with van der Waals surface area (Å²) in [7, 11) is -3.87. The second kappa shape index (κ2) is 12.0. The Morgan fingerprint density at radius 1 is 1.03 bits per heavy atom. The van der Waals surface area contributed by atoms with Gasteiger partial charge in [0.05, 0.1) is 11.9 Å². The molecule has 0 bridgehead atoms. The Labute approximate surface area is 227 Å². The standard InChI is InChI=1S/C25H30Cl3N3O4S/c1-16-20(26)10-7-13-23(16)31(36(3,34)35)15-24(32)30(14-19-21(27)11-6-12-22(19)28)17(2)25(33)29-18-8-4-5-9-18/h6-7,10-13,17-18H,4-5,8-9,14-15H2,1-3H3,(H,29,33). The maximum atomic E-state index is 13.7. The number of sulfonamides is 1. The Morgan fingerprint density at radius 2 is 1.58 bits per heavy atom. The van der Waals surface area contributed by atoms with E-state index < -0.39 is 28.5 Å². The van der Waals surface area contributed by atoms with Gasteiger partial charge < -0.3 is 10.2 Å². The van der Waals surface area contributed by atoms with E-state index >= 15 is 0 Å². The van der Waals surface area contributed by atoms with Crippen molar-refractivity contribution in [3.8, 4) is 0 Å². The summed E-state index contributed by atoms with van der Waals surface area (Å²) in [5.74, 6) is -0.895. The highest BCUT2D eigenvalue weighted by atomic mass is 35.5. The van der Waals surface area contributed by atoms with Crippen LogP contribution in [0, 0.1) is 6.92 Å². The van der Waals surface area contributed by atoms with Crippen LogP contribution in [0.25, 0.3) is 0 Å². The molecule has 0 heterocycles. The van der Waals surface area contributed by atoms with Crippen molar-refractivity contribution < 1.29 is 18.0 Å². The van der Waals surface area contributed by atoms with Gasteiger partial charge in [0.2, 0.25) is 21.8 Å². The van der Waals surface area contributed by atoms with Crippen LogP contribution in [0.5, 0.6) is 0 Å². The molecule has 1 aliphatic rings. The number of benzene rings is 2. The van der Waals surface area contributed by atoms with Gasteiger partial charge in [-0.2, -0.15) is 0 Å². The van der Waals surface area contributed by atoms with Crippen LogP contribution in [-0.4, -0.2) is 50.0 Å². The molecule has 2 amide bonds. The molecule has 1 saturated carbocycles. The first kappa shape index (κ1) is 28.6. The molecule has 1 N–H and O–H groups in total. The number of hydrogen-bond donors (Lipinski definition) is 1. The molecule has 1 aliphatic carbocycles. The largest absolute Gasteiger partial charge is 0.352 e. The van der Waals surface area contributed by atoms with Crippen LogP contribution in [0.2, 0.25) is 15.1 Å². The molecule has 1 fully saturated rings. The number of hydrogen-bond acceptors (Lipinski definition) is 4. The third-order valence-corrected chi connectivity index (χ3v) is 8.69. The molecule has 7 nitrogen and oxygen atoms in total. The topological polar surface area (TPSA) is 86.8 Å². The first-order valence-corrected chi connectivity index (χ1v) is 14.6. The minimum absolute atomic E-state index is 0.0578. The van der Waals surface area contributed by atoms with Gasteiger partial charge >= 0.3 is 0 Å². The summed E-state index contributed by atoms with van der Waals surface area (Å²) in [6.07, 6.45) is 4.88.